The van der Waals surface area contributed by atoms with Gasteiger partial charge in [0.25, 0.3) is 0 Å². The molecule has 2 fully saturated rings. The summed E-state index contributed by atoms with van der Waals surface area (Å²) in [5.41, 5.74) is 1.59. The van der Waals surface area contributed by atoms with E-state index in [0.717, 1.165) is 52.5 Å². The molecule has 1 atom stereocenters. The lowest BCUT2D eigenvalue weighted by Crippen LogP contribution is -2.40. The first-order valence-corrected chi connectivity index (χ1v) is 9.63. The van der Waals surface area contributed by atoms with Crippen molar-refractivity contribution in [3.8, 4) is 0 Å². The highest BCUT2D eigenvalue weighted by Crippen LogP contribution is 2.34. The fraction of sp³-hybridized carbons (Fsp3) is 0.526. The Hall–Kier alpha value is -1.27. The Morgan fingerprint density at radius 2 is 2.04 bits per heavy atom. The molecule has 4 nitrogen and oxygen atoms in total. The molecule has 4 heterocycles. The monoisotopic (exact) mass is 343 g/mol. The van der Waals surface area contributed by atoms with E-state index in [1.54, 1.807) is 0 Å². The number of hydrogen-bond acceptors (Lipinski definition) is 5. The summed E-state index contributed by atoms with van der Waals surface area (Å²) in [5, 5.41) is 2.17. The van der Waals surface area contributed by atoms with Crippen LogP contribution in [0.3, 0.4) is 0 Å². The van der Waals surface area contributed by atoms with Gasteiger partial charge in [-0.15, -0.1) is 11.3 Å². The number of aromatic nitrogens is 1. The van der Waals surface area contributed by atoms with Gasteiger partial charge in [0.05, 0.1) is 13.2 Å². The van der Waals surface area contributed by atoms with Gasteiger partial charge < -0.3 is 4.74 Å². The third-order valence-corrected chi connectivity index (χ3v) is 5.99. The van der Waals surface area contributed by atoms with E-state index in [9.17, 15) is 0 Å². The molecule has 0 saturated carbocycles. The minimum atomic E-state index is 0.288. The summed E-state index contributed by atoms with van der Waals surface area (Å²) in [5.74, 6) is 0. The summed E-state index contributed by atoms with van der Waals surface area (Å²) < 4.78 is 6.00. The summed E-state index contributed by atoms with van der Waals surface area (Å²) in [4.78, 5) is 10.9. The van der Waals surface area contributed by atoms with Crippen molar-refractivity contribution in [1.29, 1.82) is 0 Å². The smallest absolute Gasteiger partial charge is 0.0593 e. The van der Waals surface area contributed by atoms with Crippen LogP contribution in [0.4, 0.5) is 0 Å². The topological polar surface area (TPSA) is 28.6 Å². The van der Waals surface area contributed by atoms with Gasteiger partial charge in [-0.05, 0) is 36.0 Å². The Morgan fingerprint density at radius 1 is 1.12 bits per heavy atom. The Balaban J connectivity index is 1.40. The van der Waals surface area contributed by atoms with Gasteiger partial charge in [-0.1, -0.05) is 12.1 Å². The summed E-state index contributed by atoms with van der Waals surface area (Å²) in [7, 11) is 0. The first-order chi connectivity index (χ1) is 11.8. The van der Waals surface area contributed by atoms with Crippen molar-refractivity contribution in [2.24, 2.45) is 5.41 Å². The number of likely N-dealkylation sites (tertiary alicyclic amines) is 1. The molecular formula is C19H25N3OS. The van der Waals surface area contributed by atoms with Crippen molar-refractivity contribution in [3.05, 3.63) is 52.5 Å². The van der Waals surface area contributed by atoms with Crippen molar-refractivity contribution in [2.45, 2.75) is 19.5 Å². The van der Waals surface area contributed by atoms with E-state index >= 15 is 0 Å². The van der Waals surface area contributed by atoms with Crippen molar-refractivity contribution in [1.82, 2.24) is 14.8 Å². The fourth-order valence-corrected chi connectivity index (χ4v) is 4.74. The van der Waals surface area contributed by atoms with Crippen LogP contribution < -0.4 is 0 Å². The van der Waals surface area contributed by atoms with E-state index in [2.05, 4.69) is 38.4 Å². The SMILES string of the molecule is c1cncc(CN2CCC3(COCCN(Cc4cccs4)C3)C2)c1. The first-order valence-electron chi connectivity index (χ1n) is 8.75. The largest absolute Gasteiger partial charge is 0.379 e. The van der Waals surface area contributed by atoms with Crippen LogP contribution in [-0.4, -0.2) is 54.2 Å². The average molecular weight is 343 g/mol. The zero-order chi connectivity index (χ0) is 16.2. The van der Waals surface area contributed by atoms with Gasteiger partial charge in [0, 0.05) is 55.4 Å². The molecule has 5 heteroatoms. The molecule has 2 aliphatic rings. The van der Waals surface area contributed by atoms with Crippen molar-refractivity contribution in [2.75, 3.05) is 39.4 Å². The van der Waals surface area contributed by atoms with Gasteiger partial charge in [0.15, 0.2) is 0 Å². The van der Waals surface area contributed by atoms with Crippen molar-refractivity contribution in [3.63, 3.8) is 0 Å². The number of hydrogen-bond donors (Lipinski definition) is 0. The second-order valence-corrected chi connectivity index (χ2v) is 8.20. The number of rotatable bonds is 4. The molecule has 2 aliphatic heterocycles. The van der Waals surface area contributed by atoms with E-state index in [1.807, 2.05) is 29.8 Å². The molecule has 24 heavy (non-hydrogen) atoms. The molecule has 2 aromatic heterocycles. The molecule has 0 aromatic carbocycles. The number of nitrogens with zero attached hydrogens (tertiary/aromatic N) is 3. The van der Waals surface area contributed by atoms with E-state index in [-0.39, 0.29) is 5.41 Å². The van der Waals surface area contributed by atoms with Crippen LogP contribution in [0.25, 0.3) is 0 Å². The quantitative estimate of drug-likeness (QED) is 0.853. The van der Waals surface area contributed by atoms with Gasteiger partial charge in [-0.25, -0.2) is 0 Å². The zero-order valence-electron chi connectivity index (χ0n) is 14.1. The third kappa shape index (κ3) is 3.86. The fourth-order valence-electron chi connectivity index (χ4n) is 4.00. The highest BCUT2D eigenvalue weighted by Gasteiger charge is 2.40. The lowest BCUT2D eigenvalue weighted by Gasteiger charge is -2.31. The van der Waals surface area contributed by atoms with Gasteiger partial charge in [0.1, 0.15) is 0 Å². The molecule has 1 spiro atoms. The highest BCUT2D eigenvalue weighted by atomic mass is 32.1. The maximum absolute atomic E-state index is 6.00. The van der Waals surface area contributed by atoms with Gasteiger partial charge in [0.2, 0.25) is 0 Å². The molecule has 0 N–H and O–H groups in total. The minimum Gasteiger partial charge on any atom is -0.379 e. The van der Waals surface area contributed by atoms with Crippen LogP contribution in [0, 0.1) is 5.41 Å². The lowest BCUT2D eigenvalue weighted by atomic mass is 9.87. The maximum Gasteiger partial charge on any atom is 0.0593 e. The van der Waals surface area contributed by atoms with Crippen molar-refractivity contribution >= 4 is 11.3 Å². The van der Waals surface area contributed by atoms with E-state index in [0.29, 0.717) is 0 Å². The van der Waals surface area contributed by atoms with Crippen LogP contribution >= 0.6 is 11.3 Å². The second-order valence-electron chi connectivity index (χ2n) is 7.16. The van der Waals surface area contributed by atoms with Crippen LogP contribution in [0.2, 0.25) is 0 Å². The van der Waals surface area contributed by atoms with E-state index in [1.165, 1.54) is 16.9 Å². The number of ether oxygens (including phenoxy) is 1. The molecule has 0 bridgehead atoms. The molecule has 128 valence electrons. The predicted octanol–water partition coefficient (Wildman–Crippen LogP) is 2.87. The van der Waals surface area contributed by atoms with E-state index < -0.39 is 0 Å². The molecule has 0 amide bonds. The first kappa shape index (κ1) is 16.2. The average Bonchev–Trinajstić information content (AvgIpc) is 3.18. The zero-order valence-corrected chi connectivity index (χ0v) is 14.9. The van der Waals surface area contributed by atoms with Crippen LogP contribution in [0.1, 0.15) is 16.9 Å². The van der Waals surface area contributed by atoms with Crippen LogP contribution in [0.5, 0.6) is 0 Å². The Labute approximate surface area is 148 Å². The van der Waals surface area contributed by atoms with Gasteiger partial charge in [-0.3, -0.25) is 14.8 Å². The van der Waals surface area contributed by atoms with Crippen molar-refractivity contribution < 1.29 is 4.74 Å². The molecule has 1 unspecified atom stereocenters. The standard InChI is InChI=1S/C19H25N3OS/c1-3-17(11-20-6-1)12-21-7-5-19(14-21)15-22(8-9-23-16-19)13-18-4-2-10-24-18/h1-4,6,10-11H,5,7-9,12-16H2. The van der Waals surface area contributed by atoms with Crippen LogP contribution in [-0.2, 0) is 17.8 Å². The third-order valence-electron chi connectivity index (χ3n) is 5.13. The summed E-state index contributed by atoms with van der Waals surface area (Å²) in [6, 6.07) is 8.59. The molecule has 2 saturated heterocycles. The Kier molecular flexibility index (Phi) is 4.94. The predicted molar refractivity (Wildman–Crippen MR) is 97.0 cm³/mol. The highest BCUT2D eigenvalue weighted by molar-refractivity contribution is 7.09. The Bertz CT molecular complexity index is 633. The summed E-state index contributed by atoms with van der Waals surface area (Å²) in [6.45, 7) is 8.30. The molecule has 2 aromatic rings. The number of thiophene rings is 1. The maximum atomic E-state index is 6.00. The van der Waals surface area contributed by atoms with Gasteiger partial charge in [-0.2, -0.15) is 0 Å². The minimum absolute atomic E-state index is 0.288. The second kappa shape index (κ2) is 7.31. The summed E-state index contributed by atoms with van der Waals surface area (Å²) >= 11 is 1.86. The molecule has 0 radical (unpaired) electrons. The number of pyridine rings is 1. The van der Waals surface area contributed by atoms with E-state index in [4.69, 9.17) is 4.74 Å². The summed E-state index contributed by atoms with van der Waals surface area (Å²) in [6.07, 6.45) is 5.06. The van der Waals surface area contributed by atoms with Crippen LogP contribution in [0.15, 0.2) is 42.0 Å². The normalized spacial score (nSPS) is 26.0. The lowest BCUT2D eigenvalue weighted by molar-refractivity contribution is 0.0706. The molecule has 4 rings (SSSR count). The Morgan fingerprint density at radius 3 is 2.83 bits per heavy atom. The molecular weight excluding hydrogens is 318 g/mol. The van der Waals surface area contributed by atoms with Gasteiger partial charge >= 0.3 is 0 Å². The molecule has 0 aliphatic carbocycles.